The molecule has 1 aliphatic rings. The van der Waals surface area contributed by atoms with Crippen LogP contribution < -0.4 is 5.32 Å². The molecule has 0 aromatic heterocycles. The lowest BCUT2D eigenvalue weighted by Gasteiger charge is -2.17. The number of alkyl carbamates (subject to hydrolysis) is 1. The molecule has 1 amide bonds. The molecule has 134 valence electrons. The summed E-state index contributed by atoms with van der Waals surface area (Å²) in [6, 6.07) is 15.0. The molecule has 1 aliphatic carbocycles. The van der Waals surface area contributed by atoms with Crippen LogP contribution in [0.1, 0.15) is 30.4 Å². The predicted molar refractivity (Wildman–Crippen MR) is 99.1 cm³/mol. The summed E-state index contributed by atoms with van der Waals surface area (Å²) in [6.07, 6.45) is -0.569. The molecule has 3 rings (SSSR count). The molecule has 0 fully saturated rings. The third kappa shape index (κ3) is 3.61. The van der Waals surface area contributed by atoms with E-state index in [1.807, 2.05) is 36.4 Å². The number of fused-ring (bicyclic) bond motifs is 3. The van der Waals surface area contributed by atoms with Gasteiger partial charge in [0.25, 0.3) is 0 Å². The fourth-order valence-corrected chi connectivity index (χ4v) is 3.33. The first kappa shape index (κ1) is 17.7. The van der Waals surface area contributed by atoms with Crippen molar-refractivity contribution in [2.75, 3.05) is 6.61 Å². The van der Waals surface area contributed by atoms with Crippen LogP contribution in [0.3, 0.4) is 0 Å². The number of benzene rings is 2. The minimum Gasteiger partial charge on any atom is -0.480 e. The van der Waals surface area contributed by atoms with Crippen molar-refractivity contribution in [2.24, 2.45) is 0 Å². The predicted octanol–water partition coefficient (Wildman–Crippen LogP) is 3.94. The van der Waals surface area contributed by atoms with Gasteiger partial charge < -0.3 is 15.2 Å². The Labute approximate surface area is 152 Å². The highest BCUT2D eigenvalue weighted by atomic mass is 16.5. The Morgan fingerprint density at radius 3 is 2.15 bits per heavy atom. The highest BCUT2D eigenvalue weighted by molar-refractivity contribution is 5.81. The van der Waals surface area contributed by atoms with Crippen LogP contribution in [0.15, 0.2) is 60.7 Å². The second kappa shape index (κ2) is 7.44. The molecule has 0 radical (unpaired) electrons. The van der Waals surface area contributed by atoms with Crippen molar-refractivity contribution in [3.05, 3.63) is 71.8 Å². The summed E-state index contributed by atoms with van der Waals surface area (Å²) in [5, 5.41) is 11.6. The van der Waals surface area contributed by atoms with Gasteiger partial charge in [0, 0.05) is 5.92 Å². The van der Waals surface area contributed by atoms with E-state index in [9.17, 15) is 14.7 Å². The summed E-state index contributed by atoms with van der Waals surface area (Å²) < 4.78 is 5.36. The minimum atomic E-state index is -1.11. The Morgan fingerprint density at radius 2 is 1.65 bits per heavy atom. The number of amides is 1. The molecular formula is C21H21NO4. The van der Waals surface area contributed by atoms with Gasteiger partial charge in [0.05, 0.1) is 0 Å². The largest absolute Gasteiger partial charge is 0.480 e. The van der Waals surface area contributed by atoms with Crippen LogP contribution in [-0.4, -0.2) is 29.8 Å². The molecule has 0 saturated carbocycles. The number of carboxylic acids is 1. The van der Waals surface area contributed by atoms with Crippen LogP contribution in [0.25, 0.3) is 11.1 Å². The SMILES string of the molecule is C=C(C)CC(NC(=O)OCC1c2ccccc2-c2ccccc21)C(=O)O. The molecule has 2 aromatic rings. The van der Waals surface area contributed by atoms with Gasteiger partial charge in [-0.25, -0.2) is 9.59 Å². The van der Waals surface area contributed by atoms with Gasteiger partial charge in [0.1, 0.15) is 12.6 Å². The van der Waals surface area contributed by atoms with E-state index >= 15 is 0 Å². The van der Waals surface area contributed by atoms with E-state index < -0.39 is 18.1 Å². The van der Waals surface area contributed by atoms with Crippen molar-refractivity contribution in [1.29, 1.82) is 0 Å². The van der Waals surface area contributed by atoms with Crippen LogP contribution in [-0.2, 0) is 9.53 Å². The molecule has 0 heterocycles. The summed E-state index contributed by atoms with van der Waals surface area (Å²) in [4.78, 5) is 23.3. The van der Waals surface area contributed by atoms with Crippen LogP contribution >= 0.6 is 0 Å². The fourth-order valence-electron chi connectivity index (χ4n) is 3.33. The first-order chi connectivity index (χ1) is 12.5. The zero-order chi connectivity index (χ0) is 18.7. The maximum absolute atomic E-state index is 12.1. The van der Waals surface area contributed by atoms with E-state index in [0.29, 0.717) is 5.57 Å². The molecule has 2 aromatic carbocycles. The fraction of sp³-hybridized carbons (Fsp3) is 0.238. The van der Waals surface area contributed by atoms with E-state index in [4.69, 9.17) is 4.74 Å². The Balaban J connectivity index is 1.71. The highest BCUT2D eigenvalue weighted by Gasteiger charge is 2.29. The van der Waals surface area contributed by atoms with Crippen LogP contribution in [0, 0.1) is 0 Å². The summed E-state index contributed by atoms with van der Waals surface area (Å²) in [5.41, 5.74) is 5.18. The average molecular weight is 351 g/mol. The van der Waals surface area contributed by atoms with Gasteiger partial charge in [-0.15, -0.1) is 6.58 Å². The summed E-state index contributed by atoms with van der Waals surface area (Å²) in [6.45, 7) is 5.56. The summed E-state index contributed by atoms with van der Waals surface area (Å²) in [7, 11) is 0. The number of carboxylic acid groups (broad SMARTS) is 1. The molecule has 26 heavy (non-hydrogen) atoms. The second-order valence-electron chi connectivity index (χ2n) is 6.52. The third-order valence-corrected chi connectivity index (χ3v) is 4.49. The Kier molecular flexibility index (Phi) is 5.07. The number of carbonyl (C=O) groups excluding carboxylic acids is 1. The highest BCUT2D eigenvalue weighted by Crippen LogP contribution is 2.44. The molecule has 1 atom stereocenters. The molecule has 0 bridgehead atoms. The van der Waals surface area contributed by atoms with Crippen molar-refractivity contribution >= 4 is 12.1 Å². The van der Waals surface area contributed by atoms with Gasteiger partial charge in [-0.2, -0.15) is 0 Å². The Morgan fingerprint density at radius 1 is 1.12 bits per heavy atom. The van der Waals surface area contributed by atoms with Crippen LogP contribution in [0.4, 0.5) is 4.79 Å². The number of hydrogen-bond acceptors (Lipinski definition) is 3. The van der Waals surface area contributed by atoms with Crippen molar-refractivity contribution in [1.82, 2.24) is 5.32 Å². The van der Waals surface area contributed by atoms with Gasteiger partial charge in [-0.1, -0.05) is 54.1 Å². The molecule has 0 spiro atoms. The van der Waals surface area contributed by atoms with Gasteiger partial charge in [-0.3, -0.25) is 0 Å². The van der Waals surface area contributed by atoms with Gasteiger partial charge >= 0.3 is 12.1 Å². The second-order valence-corrected chi connectivity index (χ2v) is 6.52. The zero-order valence-electron chi connectivity index (χ0n) is 14.6. The molecular weight excluding hydrogens is 330 g/mol. The molecule has 5 heteroatoms. The quantitative estimate of drug-likeness (QED) is 0.773. The zero-order valence-corrected chi connectivity index (χ0v) is 14.6. The number of carbonyl (C=O) groups is 2. The van der Waals surface area contributed by atoms with Gasteiger partial charge in [0.15, 0.2) is 0 Å². The lowest BCUT2D eigenvalue weighted by atomic mass is 9.98. The van der Waals surface area contributed by atoms with Crippen molar-refractivity contribution < 1.29 is 19.4 Å². The lowest BCUT2D eigenvalue weighted by Crippen LogP contribution is -2.41. The molecule has 0 aliphatic heterocycles. The summed E-state index contributed by atoms with van der Waals surface area (Å²) >= 11 is 0. The molecule has 0 saturated heterocycles. The van der Waals surface area contributed by atoms with Gasteiger partial charge in [-0.05, 0) is 35.6 Å². The van der Waals surface area contributed by atoms with Crippen LogP contribution in [0.2, 0.25) is 0 Å². The van der Waals surface area contributed by atoms with Crippen molar-refractivity contribution in [3.8, 4) is 11.1 Å². The standard InChI is InChI=1S/C21H21NO4/c1-13(2)11-19(20(23)24)22-21(25)26-12-18-16-9-5-3-7-14(16)15-8-4-6-10-17(15)18/h3-10,18-19H,1,11-12H2,2H3,(H,22,25)(H,23,24). The van der Waals surface area contributed by atoms with Crippen LogP contribution in [0.5, 0.6) is 0 Å². The maximum atomic E-state index is 12.1. The first-order valence-corrected chi connectivity index (χ1v) is 8.46. The number of aliphatic carboxylic acids is 1. The van der Waals surface area contributed by atoms with E-state index in [2.05, 4.69) is 24.0 Å². The Bertz CT molecular complexity index is 813. The maximum Gasteiger partial charge on any atom is 0.407 e. The molecule has 5 nitrogen and oxygen atoms in total. The number of ether oxygens (including phenoxy) is 1. The van der Waals surface area contributed by atoms with E-state index in [0.717, 1.165) is 22.3 Å². The van der Waals surface area contributed by atoms with E-state index in [-0.39, 0.29) is 18.9 Å². The van der Waals surface area contributed by atoms with E-state index in [1.54, 1.807) is 6.92 Å². The Hall–Kier alpha value is -3.08. The topological polar surface area (TPSA) is 75.6 Å². The smallest absolute Gasteiger partial charge is 0.407 e. The lowest BCUT2D eigenvalue weighted by molar-refractivity contribution is -0.139. The molecule has 1 unspecified atom stereocenters. The van der Waals surface area contributed by atoms with E-state index in [1.165, 1.54) is 0 Å². The summed E-state index contributed by atoms with van der Waals surface area (Å²) in [5.74, 6) is -1.17. The van der Waals surface area contributed by atoms with Gasteiger partial charge in [0.2, 0.25) is 0 Å². The third-order valence-electron chi connectivity index (χ3n) is 4.49. The molecule has 2 N–H and O–H groups in total. The average Bonchev–Trinajstić information content (AvgIpc) is 2.93. The monoisotopic (exact) mass is 351 g/mol. The number of rotatable bonds is 6. The number of nitrogens with one attached hydrogen (secondary N) is 1. The number of hydrogen-bond donors (Lipinski definition) is 2. The first-order valence-electron chi connectivity index (χ1n) is 8.46. The minimum absolute atomic E-state index is 0.0578. The normalized spacial score (nSPS) is 13.4. The van der Waals surface area contributed by atoms with Crippen molar-refractivity contribution in [2.45, 2.75) is 25.3 Å². The van der Waals surface area contributed by atoms with Crippen molar-refractivity contribution in [3.63, 3.8) is 0 Å².